The minimum atomic E-state index is -1.62. The van der Waals surface area contributed by atoms with Gasteiger partial charge in [0.1, 0.15) is 0 Å². The Morgan fingerprint density at radius 1 is 1.32 bits per heavy atom. The second kappa shape index (κ2) is 6.01. The Bertz CT molecular complexity index is 738. The van der Waals surface area contributed by atoms with Crippen LogP contribution in [0.3, 0.4) is 0 Å². The Hall–Kier alpha value is -3.27. The summed E-state index contributed by atoms with van der Waals surface area (Å²) in [5.41, 5.74) is 4.52. The van der Waals surface area contributed by atoms with E-state index < -0.39 is 16.2 Å². The van der Waals surface area contributed by atoms with E-state index in [1.807, 2.05) is 6.07 Å². The summed E-state index contributed by atoms with van der Waals surface area (Å²) in [6.45, 7) is 0. The van der Waals surface area contributed by atoms with Gasteiger partial charge in [-0.1, -0.05) is 18.2 Å². The van der Waals surface area contributed by atoms with Gasteiger partial charge in [-0.05, 0) is 17.7 Å². The molecule has 0 aliphatic carbocycles. The number of nitro groups is 1. The van der Waals surface area contributed by atoms with E-state index >= 15 is 0 Å². The molecule has 7 heteroatoms. The molecule has 0 saturated carbocycles. The molecule has 1 atom stereocenters. The number of non-ortho nitro benzene ring substituents is 1. The second-order valence-corrected chi connectivity index (χ2v) is 4.68. The smallest absolute Gasteiger partial charge is 0.269 e. The van der Waals surface area contributed by atoms with Crippen molar-refractivity contribution in [2.24, 2.45) is 5.73 Å². The van der Waals surface area contributed by atoms with Crippen molar-refractivity contribution in [3.05, 3.63) is 70.0 Å². The zero-order valence-electron chi connectivity index (χ0n) is 11.5. The lowest BCUT2D eigenvalue weighted by Crippen LogP contribution is -2.42. The molecule has 1 unspecified atom stereocenters. The monoisotopic (exact) mass is 296 g/mol. The summed E-state index contributed by atoms with van der Waals surface area (Å²) in [7, 11) is 0. The summed E-state index contributed by atoms with van der Waals surface area (Å²) in [6.07, 6.45) is 1.55. The van der Waals surface area contributed by atoms with Crippen LogP contribution in [0.25, 0.3) is 0 Å². The first kappa shape index (κ1) is 15.1. The summed E-state index contributed by atoms with van der Waals surface area (Å²) < 4.78 is 0. The molecular weight excluding hydrogens is 284 g/mol. The summed E-state index contributed by atoms with van der Waals surface area (Å²) in [4.78, 5) is 26.2. The zero-order valence-corrected chi connectivity index (χ0v) is 11.5. The molecule has 1 amide bonds. The lowest BCUT2D eigenvalue weighted by molar-refractivity contribution is -0.384. The number of carbonyl (C=O) groups is 1. The fraction of sp³-hybridized carbons (Fsp3) is 0.133. The lowest BCUT2D eigenvalue weighted by atomic mass is 9.77. The van der Waals surface area contributed by atoms with Gasteiger partial charge in [-0.15, -0.1) is 0 Å². The molecule has 22 heavy (non-hydrogen) atoms. The number of rotatable bonds is 5. The minimum absolute atomic E-state index is 0.00250. The van der Waals surface area contributed by atoms with Gasteiger partial charge in [-0.2, -0.15) is 5.26 Å². The fourth-order valence-electron chi connectivity index (χ4n) is 2.13. The van der Waals surface area contributed by atoms with Crippen molar-refractivity contribution >= 4 is 11.6 Å². The number of nitro benzene ring substituents is 1. The molecule has 0 radical (unpaired) electrons. The van der Waals surface area contributed by atoms with Gasteiger partial charge in [0.2, 0.25) is 5.91 Å². The number of nitrogens with two attached hydrogens (primary N) is 1. The standard InChI is InChI=1S/C15H12N4O3/c16-10-15(14(17)20,9-12-3-1-2-8-18-12)11-4-6-13(7-5-11)19(21)22/h1-8H,9H2,(H2,17,20). The molecule has 0 fully saturated rings. The predicted octanol–water partition coefficient (Wildman–Crippen LogP) is 1.48. The van der Waals surface area contributed by atoms with Crippen LogP contribution in [-0.4, -0.2) is 15.8 Å². The highest BCUT2D eigenvalue weighted by Gasteiger charge is 2.40. The summed E-state index contributed by atoms with van der Waals surface area (Å²) >= 11 is 0. The first-order chi connectivity index (χ1) is 10.5. The number of hydrogen-bond acceptors (Lipinski definition) is 5. The second-order valence-electron chi connectivity index (χ2n) is 4.68. The first-order valence-corrected chi connectivity index (χ1v) is 6.35. The Labute approximate surface area is 126 Å². The van der Waals surface area contributed by atoms with Crippen LogP contribution >= 0.6 is 0 Å². The summed E-state index contributed by atoms with van der Waals surface area (Å²) in [6, 6.07) is 12.3. The van der Waals surface area contributed by atoms with E-state index in [9.17, 15) is 20.2 Å². The van der Waals surface area contributed by atoms with Gasteiger partial charge in [0.25, 0.3) is 5.69 Å². The van der Waals surface area contributed by atoms with E-state index in [4.69, 9.17) is 5.73 Å². The van der Waals surface area contributed by atoms with Crippen LogP contribution in [0.1, 0.15) is 11.3 Å². The van der Waals surface area contributed by atoms with E-state index in [1.165, 1.54) is 24.3 Å². The van der Waals surface area contributed by atoms with E-state index in [0.717, 1.165) is 0 Å². The van der Waals surface area contributed by atoms with Crippen molar-refractivity contribution < 1.29 is 9.72 Å². The highest BCUT2D eigenvalue weighted by molar-refractivity contribution is 5.90. The SMILES string of the molecule is N#CC(Cc1ccccn1)(C(N)=O)c1ccc([N+](=O)[O-])cc1. The van der Waals surface area contributed by atoms with Gasteiger partial charge in [-0.3, -0.25) is 19.9 Å². The predicted molar refractivity (Wildman–Crippen MR) is 77.5 cm³/mol. The van der Waals surface area contributed by atoms with Crippen molar-refractivity contribution in [1.82, 2.24) is 4.98 Å². The number of amides is 1. The number of hydrogen-bond donors (Lipinski definition) is 1. The molecule has 1 aromatic heterocycles. The number of pyridine rings is 1. The summed E-state index contributed by atoms with van der Waals surface area (Å²) in [5.74, 6) is -0.825. The van der Waals surface area contributed by atoms with Gasteiger partial charge in [0.15, 0.2) is 5.41 Å². The minimum Gasteiger partial charge on any atom is -0.368 e. The molecular formula is C15H12N4O3. The molecule has 0 saturated heterocycles. The number of nitriles is 1. The van der Waals surface area contributed by atoms with Gasteiger partial charge >= 0.3 is 0 Å². The molecule has 1 heterocycles. The molecule has 2 rings (SSSR count). The largest absolute Gasteiger partial charge is 0.368 e. The average Bonchev–Trinajstić information content (AvgIpc) is 2.53. The number of benzene rings is 1. The van der Waals surface area contributed by atoms with Crippen LogP contribution < -0.4 is 5.73 Å². The maximum Gasteiger partial charge on any atom is 0.269 e. The molecule has 0 bridgehead atoms. The van der Waals surface area contributed by atoms with Crippen LogP contribution in [-0.2, 0) is 16.6 Å². The Balaban J connectivity index is 2.48. The molecule has 0 aliphatic rings. The summed E-state index contributed by atoms with van der Waals surface area (Å²) in [5, 5.41) is 20.2. The normalized spacial score (nSPS) is 12.9. The van der Waals surface area contributed by atoms with Crippen molar-refractivity contribution in [3.8, 4) is 6.07 Å². The van der Waals surface area contributed by atoms with E-state index in [1.54, 1.807) is 24.4 Å². The van der Waals surface area contributed by atoms with Crippen molar-refractivity contribution in [2.75, 3.05) is 0 Å². The van der Waals surface area contributed by atoms with Gasteiger partial charge in [0, 0.05) is 30.4 Å². The topological polar surface area (TPSA) is 123 Å². The van der Waals surface area contributed by atoms with Gasteiger partial charge < -0.3 is 5.73 Å². The molecule has 7 nitrogen and oxygen atoms in total. The number of carbonyl (C=O) groups excluding carboxylic acids is 1. The van der Waals surface area contributed by atoms with Crippen LogP contribution in [0.4, 0.5) is 5.69 Å². The number of nitrogens with zero attached hydrogens (tertiary/aromatic N) is 3. The zero-order chi connectivity index (χ0) is 16.2. The average molecular weight is 296 g/mol. The third-order valence-corrected chi connectivity index (χ3v) is 3.35. The third-order valence-electron chi connectivity index (χ3n) is 3.35. The highest BCUT2D eigenvalue weighted by atomic mass is 16.6. The molecule has 2 aromatic rings. The Kier molecular flexibility index (Phi) is 4.13. The maximum absolute atomic E-state index is 11.9. The number of aromatic nitrogens is 1. The van der Waals surface area contributed by atoms with Crippen molar-refractivity contribution in [1.29, 1.82) is 5.26 Å². The van der Waals surface area contributed by atoms with Crippen LogP contribution in [0.15, 0.2) is 48.7 Å². The van der Waals surface area contributed by atoms with E-state index in [0.29, 0.717) is 11.3 Å². The van der Waals surface area contributed by atoms with Crippen molar-refractivity contribution in [2.45, 2.75) is 11.8 Å². The maximum atomic E-state index is 11.9. The molecule has 1 aromatic carbocycles. The quantitative estimate of drug-likeness (QED) is 0.661. The Morgan fingerprint density at radius 2 is 2.00 bits per heavy atom. The molecule has 110 valence electrons. The first-order valence-electron chi connectivity index (χ1n) is 6.35. The van der Waals surface area contributed by atoms with Crippen LogP contribution in [0.2, 0.25) is 0 Å². The molecule has 0 spiro atoms. The highest BCUT2D eigenvalue weighted by Crippen LogP contribution is 2.29. The molecule has 2 N–H and O–H groups in total. The van der Waals surface area contributed by atoms with Gasteiger partial charge in [-0.25, -0.2) is 0 Å². The van der Waals surface area contributed by atoms with Gasteiger partial charge in [0.05, 0.1) is 11.0 Å². The van der Waals surface area contributed by atoms with E-state index in [-0.39, 0.29) is 12.1 Å². The Morgan fingerprint density at radius 3 is 2.45 bits per heavy atom. The fourth-order valence-corrected chi connectivity index (χ4v) is 2.13. The van der Waals surface area contributed by atoms with E-state index in [2.05, 4.69) is 4.98 Å². The van der Waals surface area contributed by atoms with Crippen molar-refractivity contribution in [3.63, 3.8) is 0 Å². The van der Waals surface area contributed by atoms with Crippen LogP contribution in [0.5, 0.6) is 0 Å². The lowest BCUT2D eigenvalue weighted by Gasteiger charge is -2.23. The number of primary amides is 1. The molecule has 0 aliphatic heterocycles. The van der Waals surface area contributed by atoms with Crippen LogP contribution in [0, 0.1) is 21.4 Å². The third kappa shape index (κ3) is 2.76.